The van der Waals surface area contributed by atoms with Gasteiger partial charge >= 0.3 is 11.9 Å². The van der Waals surface area contributed by atoms with Gasteiger partial charge < -0.3 is 21.3 Å². The minimum atomic E-state index is -1.41. The molecule has 1 aliphatic rings. The Bertz CT molecular complexity index is 435. The van der Waals surface area contributed by atoms with E-state index in [0.717, 1.165) is 0 Å². The quantitative estimate of drug-likeness (QED) is 0.582. The van der Waals surface area contributed by atoms with Gasteiger partial charge in [-0.3, -0.25) is 9.59 Å². The SMILES string of the molecule is CC1C(N)CCC(C(=O)NC(CC(=O)O)C(=O)O)C1(C)C. The normalized spacial score (nSPS) is 29.4. The molecule has 0 aromatic rings. The number of carboxylic acid groups (broad SMARTS) is 2. The lowest BCUT2D eigenvalue weighted by atomic mass is 9.61. The summed E-state index contributed by atoms with van der Waals surface area (Å²) in [7, 11) is 0. The highest BCUT2D eigenvalue weighted by Crippen LogP contribution is 2.44. The lowest BCUT2D eigenvalue weighted by Gasteiger charge is -2.46. The van der Waals surface area contributed by atoms with Gasteiger partial charge in [0.2, 0.25) is 5.91 Å². The second kappa shape index (κ2) is 6.43. The molecule has 0 bridgehead atoms. The van der Waals surface area contributed by atoms with Gasteiger partial charge in [-0.05, 0) is 24.2 Å². The minimum Gasteiger partial charge on any atom is -0.481 e. The lowest BCUT2D eigenvalue weighted by molar-refractivity contribution is -0.148. The summed E-state index contributed by atoms with van der Waals surface area (Å²) in [4.78, 5) is 34.1. The van der Waals surface area contributed by atoms with Gasteiger partial charge in [-0.1, -0.05) is 20.8 Å². The van der Waals surface area contributed by atoms with Crippen LogP contribution in [0.1, 0.15) is 40.0 Å². The van der Waals surface area contributed by atoms with Gasteiger partial charge in [0, 0.05) is 12.0 Å². The Morgan fingerprint density at radius 2 is 1.86 bits per heavy atom. The fourth-order valence-electron chi connectivity index (χ4n) is 2.97. The molecule has 5 N–H and O–H groups in total. The Kier molecular flexibility index (Phi) is 5.33. The van der Waals surface area contributed by atoms with Crippen molar-refractivity contribution in [2.24, 2.45) is 23.0 Å². The standard InChI is InChI=1S/C14H24N2O5/c1-7-9(15)5-4-8(14(7,2)3)12(19)16-10(13(20)21)6-11(17)18/h7-10H,4-6,15H2,1-3H3,(H,16,19)(H,17,18)(H,20,21). The van der Waals surface area contributed by atoms with Crippen LogP contribution in [0.5, 0.6) is 0 Å². The predicted molar refractivity (Wildman–Crippen MR) is 75.5 cm³/mol. The lowest BCUT2D eigenvalue weighted by Crippen LogP contribution is -2.54. The Morgan fingerprint density at radius 3 is 2.33 bits per heavy atom. The van der Waals surface area contributed by atoms with E-state index in [9.17, 15) is 14.4 Å². The average molecular weight is 300 g/mol. The first kappa shape index (κ1) is 17.4. The Labute approximate surface area is 123 Å². The Hall–Kier alpha value is -1.63. The van der Waals surface area contributed by atoms with E-state index >= 15 is 0 Å². The number of hydrogen-bond donors (Lipinski definition) is 4. The second-order valence-corrected chi connectivity index (χ2v) is 6.40. The average Bonchev–Trinajstić information content (AvgIpc) is 2.34. The fraction of sp³-hybridized carbons (Fsp3) is 0.786. The van der Waals surface area contributed by atoms with Crippen molar-refractivity contribution in [3.05, 3.63) is 0 Å². The molecule has 7 nitrogen and oxygen atoms in total. The van der Waals surface area contributed by atoms with Crippen LogP contribution in [-0.4, -0.2) is 40.1 Å². The summed E-state index contributed by atoms with van der Waals surface area (Å²) in [5.41, 5.74) is 5.66. The van der Waals surface area contributed by atoms with Gasteiger partial charge in [0.1, 0.15) is 6.04 Å². The molecule has 1 fully saturated rings. The first-order chi connectivity index (χ1) is 9.57. The van der Waals surface area contributed by atoms with E-state index in [0.29, 0.717) is 12.8 Å². The molecule has 120 valence electrons. The summed E-state index contributed by atoms with van der Waals surface area (Å²) in [5.74, 6) is -3.27. The zero-order chi connectivity index (χ0) is 16.4. The molecule has 0 heterocycles. The first-order valence-corrected chi connectivity index (χ1v) is 7.08. The van der Waals surface area contributed by atoms with Crippen molar-refractivity contribution in [3.63, 3.8) is 0 Å². The van der Waals surface area contributed by atoms with E-state index in [1.165, 1.54) is 0 Å². The maximum Gasteiger partial charge on any atom is 0.326 e. The summed E-state index contributed by atoms with van der Waals surface area (Å²) in [5, 5.41) is 20.0. The van der Waals surface area contributed by atoms with Crippen LogP contribution in [0.2, 0.25) is 0 Å². The molecule has 0 aromatic heterocycles. The van der Waals surface area contributed by atoms with E-state index in [-0.39, 0.29) is 23.3 Å². The van der Waals surface area contributed by atoms with Gasteiger partial charge in [-0.15, -0.1) is 0 Å². The smallest absolute Gasteiger partial charge is 0.326 e. The Balaban J connectivity index is 2.82. The van der Waals surface area contributed by atoms with Gasteiger partial charge in [0.05, 0.1) is 6.42 Å². The number of nitrogens with one attached hydrogen (secondary N) is 1. The fourth-order valence-corrected chi connectivity index (χ4v) is 2.97. The van der Waals surface area contributed by atoms with Crippen LogP contribution in [0.15, 0.2) is 0 Å². The summed E-state index contributed by atoms with van der Waals surface area (Å²) < 4.78 is 0. The maximum absolute atomic E-state index is 12.4. The number of carbonyl (C=O) groups excluding carboxylic acids is 1. The molecule has 4 unspecified atom stereocenters. The molecule has 0 aliphatic heterocycles. The second-order valence-electron chi connectivity index (χ2n) is 6.40. The monoisotopic (exact) mass is 300 g/mol. The molecule has 1 rings (SSSR count). The summed E-state index contributed by atoms with van der Waals surface area (Å²) in [6.45, 7) is 5.86. The number of carbonyl (C=O) groups is 3. The molecule has 1 saturated carbocycles. The molecule has 4 atom stereocenters. The summed E-state index contributed by atoms with van der Waals surface area (Å²) in [6.07, 6.45) is 0.631. The van der Waals surface area contributed by atoms with E-state index in [4.69, 9.17) is 15.9 Å². The number of aliphatic carboxylic acids is 2. The predicted octanol–water partition coefficient (Wildman–Crippen LogP) is 0.430. The van der Waals surface area contributed by atoms with E-state index in [1.54, 1.807) is 0 Å². The van der Waals surface area contributed by atoms with Crippen molar-refractivity contribution < 1.29 is 24.6 Å². The highest BCUT2D eigenvalue weighted by atomic mass is 16.4. The largest absolute Gasteiger partial charge is 0.481 e. The molecule has 0 aromatic carbocycles. The van der Waals surface area contributed by atoms with Crippen LogP contribution in [0.3, 0.4) is 0 Å². The van der Waals surface area contributed by atoms with Gasteiger partial charge in [-0.25, -0.2) is 4.79 Å². The Morgan fingerprint density at radius 1 is 1.29 bits per heavy atom. The first-order valence-electron chi connectivity index (χ1n) is 7.08. The van der Waals surface area contributed by atoms with Crippen LogP contribution >= 0.6 is 0 Å². The molecule has 0 saturated heterocycles. The highest BCUT2D eigenvalue weighted by molar-refractivity contribution is 5.88. The van der Waals surface area contributed by atoms with E-state index in [1.807, 2.05) is 20.8 Å². The summed E-state index contributed by atoms with van der Waals surface area (Å²) in [6, 6.07) is -1.39. The third-order valence-corrected chi connectivity index (χ3v) is 4.81. The van der Waals surface area contributed by atoms with Gasteiger partial charge in [0.25, 0.3) is 0 Å². The third kappa shape index (κ3) is 3.93. The molecule has 1 aliphatic carbocycles. The molecular formula is C14H24N2O5. The molecular weight excluding hydrogens is 276 g/mol. The van der Waals surface area contributed by atoms with Crippen LogP contribution in [-0.2, 0) is 14.4 Å². The molecule has 7 heteroatoms. The van der Waals surface area contributed by atoms with Gasteiger partial charge in [0.15, 0.2) is 0 Å². The van der Waals surface area contributed by atoms with Crippen molar-refractivity contribution in [3.8, 4) is 0 Å². The number of amides is 1. The van der Waals surface area contributed by atoms with Crippen molar-refractivity contribution in [2.45, 2.75) is 52.1 Å². The van der Waals surface area contributed by atoms with Crippen LogP contribution < -0.4 is 11.1 Å². The van der Waals surface area contributed by atoms with E-state index < -0.39 is 30.3 Å². The van der Waals surface area contributed by atoms with Crippen molar-refractivity contribution in [1.82, 2.24) is 5.32 Å². The van der Waals surface area contributed by atoms with Crippen LogP contribution in [0.4, 0.5) is 0 Å². The number of nitrogens with two attached hydrogens (primary N) is 1. The van der Waals surface area contributed by atoms with Crippen molar-refractivity contribution in [2.75, 3.05) is 0 Å². The van der Waals surface area contributed by atoms with Crippen molar-refractivity contribution >= 4 is 17.8 Å². The van der Waals surface area contributed by atoms with Crippen molar-refractivity contribution in [1.29, 1.82) is 0 Å². The summed E-state index contributed by atoms with van der Waals surface area (Å²) >= 11 is 0. The van der Waals surface area contributed by atoms with Crippen LogP contribution in [0.25, 0.3) is 0 Å². The number of carboxylic acids is 2. The van der Waals surface area contributed by atoms with Gasteiger partial charge in [-0.2, -0.15) is 0 Å². The van der Waals surface area contributed by atoms with Crippen LogP contribution in [0, 0.1) is 17.3 Å². The molecule has 0 spiro atoms. The third-order valence-electron chi connectivity index (χ3n) is 4.81. The van der Waals surface area contributed by atoms with E-state index in [2.05, 4.69) is 5.32 Å². The topological polar surface area (TPSA) is 130 Å². The minimum absolute atomic E-state index is 0.0124. The molecule has 1 amide bonds. The number of rotatable bonds is 5. The maximum atomic E-state index is 12.4. The molecule has 0 radical (unpaired) electrons. The number of hydrogen-bond acceptors (Lipinski definition) is 4. The zero-order valence-corrected chi connectivity index (χ0v) is 12.6. The highest BCUT2D eigenvalue weighted by Gasteiger charge is 2.45. The molecule has 21 heavy (non-hydrogen) atoms. The zero-order valence-electron chi connectivity index (χ0n) is 12.6.